The van der Waals surface area contributed by atoms with Crippen molar-refractivity contribution in [2.24, 2.45) is 0 Å². The largest absolute Gasteiger partial charge is 0.488 e. The molecule has 0 aliphatic carbocycles. The predicted octanol–water partition coefficient (Wildman–Crippen LogP) is 2.87. The van der Waals surface area contributed by atoms with Crippen molar-refractivity contribution in [1.82, 2.24) is 10.2 Å². The number of nitrogens with zero attached hydrogens (tertiary/aromatic N) is 1. The van der Waals surface area contributed by atoms with Crippen LogP contribution in [0.2, 0.25) is 0 Å². The Kier molecular flexibility index (Phi) is 5.33. The molecule has 1 aliphatic heterocycles. The Hall–Kier alpha value is -1.43. The van der Waals surface area contributed by atoms with Crippen LogP contribution in [0.4, 0.5) is 8.78 Å². The van der Waals surface area contributed by atoms with Gasteiger partial charge in [0, 0.05) is 24.7 Å². The summed E-state index contributed by atoms with van der Waals surface area (Å²) in [6, 6.07) is 2.18. The summed E-state index contributed by atoms with van der Waals surface area (Å²) in [5.74, 6) is -1.05. The molecular weight excluding hydrogens is 294 g/mol. The summed E-state index contributed by atoms with van der Waals surface area (Å²) < 4.78 is 32.5. The van der Waals surface area contributed by atoms with Crippen LogP contribution in [0.25, 0.3) is 0 Å². The third kappa shape index (κ3) is 3.61. The molecule has 1 aromatic carbocycles. The molecule has 1 heterocycles. The summed E-state index contributed by atoms with van der Waals surface area (Å²) in [4.78, 5) is 2.05. The van der Waals surface area contributed by atoms with Gasteiger partial charge in [-0.3, -0.25) is 0 Å². The van der Waals surface area contributed by atoms with Gasteiger partial charge in [0.2, 0.25) is 0 Å². The van der Waals surface area contributed by atoms with E-state index < -0.39 is 11.6 Å². The third-order valence-corrected chi connectivity index (χ3v) is 3.83. The SMILES string of the molecule is CCCN(C(=S)NCC)C1COc2c(F)cc(F)cc2C1. The topological polar surface area (TPSA) is 24.5 Å². The maximum Gasteiger partial charge on any atom is 0.169 e. The number of ether oxygens (including phenoxy) is 1. The van der Waals surface area contributed by atoms with Crippen LogP contribution in [0.15, 0.2) is 12.1 Å². The highest BCUT2D eigenvalue weighted by molar-refractivity contribution is 7.80. The normalized spacial score (nSPS) is 16.9. The van der Waals surface area contributed by atoms with Gasteiger partial charge in [-0.15, -0.1) is 0 Å². The first kappa shape index (κ1) is 15.9. The highest BCUT2D eigenvalue weighted by Gasteiger charge is 2.28. The molecule has 0 bridgehead atoms. The Bertz CT molecular complexity index is 525. The van der Waals surface area contributed by atoms with Crippen LogP contribution in [0.3, 0.4) is 0 Å². The fourth-order valence-electron chi connectivity index (χ4n) is 2.56. The van der Waals surface area contributed by atoms with Gasteiger partial charge in [0.15, 0.2) is 16.7 Å². The van der Waals surface area contributed by atoms with Gasteiger partial charge in [0.1, 0.15) is 12.4 Å². The van der Waals surface area contributed by atoms with Crippen LogP contribution in [0.5, 0.6) is 5.75 Å². The molecular formula is C15H20F2N2OS. The Labute approximate surface area is 129 Å². The lowest BCUT2D eigenvalue weighted by Gasteiger charge is -2.36. The summed E-state index contributed by atoms with van der Waals surface area (Å²) in [5, 5.41) is 3.79. The Morgan fingerprint density at radius 3 is 2.86 bits per heavy atom. The minimum absolute atomic E-state index is 0.00907. The van der Waals surface area contributed by atoms with Crippen LogP contribution < -0.4 is 10.1 Å². The van der Waals surface area contributed by atoms with Crippen molar-refractivity contribution >= 4 is 17.3 Å². The van der Waals surface area contributed by atoms with Gasteiger partial charge in [-0.05, 0) is 38.0 Å². The van der Waals surface area contributed by atoms with Gasteiger partial charge in [-0.1, -0.05) is 6.92 Å². The van der Waals surface area contributed by atoms with E-state index in [1.54, 1.807) is 0 Å². The smallest absolute Gasteiger partial charge is 0.169 e. The van der Waals surface area contributed by atoms with Gasteiger partial charge in [0.05, 0.1) is 6.04 Å². The second kappa shape index (κ2) is 7.02. The minimum atomic E-state index is -0.639. The summed E-state index contributed by atoms with van der Waals surface area (Å²) >= 11 is 5.38. The molecule has 21 heavy (non-hydrogen) atoms. The van der Waals surface area contributed by atoms with Gasteiger partial charge in [-0.2, -0.15) is 0 Å². The van der Waals surface area contributed by atoms with E-state index in [0.29, 0.717) is 23.7 Å². The van der Waals surface area contributed by atoms with E-state index in [-0.39, 0.29) is 11.8 Å². The molecule has 6 heteroatoms. The minimum Gasteiger partial charge on any atom is -0.488 e. The van der Waals surface area contributed by atoms with Gasteiger partial charge >= 0.3 is 0 Å². The lowest BCUT2D eigenvalue weighted by Crippen LogP contribution is -2.50. The average Bonchev–Trinajstić information content (AvgIpc) is 2.44. The van der Waals surface area contributed by atoms with Gasteiger partial charge < -0.3 is 15.0 Å². The third-order valence-electron chi connectivity index (χ3n) is 3.46. The molecule has 0 aromatic heterocycles. The van der Waals surface area contributed by atoms with E-state index in [1.807, 2.05) is 11.8 Å². The van der Waals surface area contributed by atoms with Crippen LogP contribution in [-0.2, 0) is 6.42 Å². The molecule has 0 fully saturated rings. The van der Waals surface area contributed by atoms with Crippen molar-refractivity contribution < 1.29 is 13.5 Å². The lowest BCUT2D eigenvalue weighted by molar-refractivity contribution is 0.168. The van der Waals surface area contributed by atoms with Crippen molar-refractivity contribution in [3.8, 4) is 5.75 Å². The molecule has 0 amide bonds. The Morgan fingerprint density at radius 2 is 2.19 bits per heavy atom. The molecule has 1 unspecified atom stereocenters. The predicted molar refractivity (Wildman–Crippen MR) is 82.6 cm³/mol. The quantitative estimate of drug-likeness (QED) is 0.864. The highest BCUT2D eigenvalue weighted by Crippen LogP contribution is 2.30. The number of thiocarbonyl (C=S) groups is 1. The van der Waals surface area contributed by atoms with E-state index in [9.17, 15) is 8.78 Å². The molecule has 1 aliphatic rings. The fraction of sp³-hybridized carbons (Fsp3) is 0.533. The standard InChI is InChI=1S/C15H20F2N2OS/c1-3-5-19(15(21)18-4-2)12-7-10-6-11(16)8-13(17)14(10)20-9-12/h6,8,12H,3-5,7,9H2,1-2H3,(H,18,21). The first-order chi connectivity index (χ1) is 10.1. The van der Waals surface area contributed by atoms with E-state index >= 15 is 0 Å². The summed E-state index contributed by atoms with van der Waals surface area (Å²) in [6.45, 7) is 5.92. The second-order valence-corrected chi connectivity index (χ2v) is 5.46. The summed E-state index contributed by atoms with van der Waals surface area (Å²) in [5.41, 5.74) is 0.559. The fourth-order valence-corrected chi connectivity index (χ4v) is 2.95. The van der Waals surface area contributed by atoms with E-state index in [2.05, 4.69) is 12.2 Å². The van der Waals surface area contributed by atoms with Crippen LogP contribution in [-0.4, -0.2) is 35.8 Å². The monoisotopic (exact) mass is 314 g/mol. The van der Waals surface area contributed by atoms with Crippen molar-refractivity contribution in [1.29, 1.82) is 0 Å². The van der Waals surface area contributed by atoms with Crippen molar-refractivity contribution in [2.45, 2.75) is 32.7 Å². The maximum absolute atomic E-state index is 13.7. The zero-order valence-electron chi connectivity index (χ0n) is 12.3. The van der Waals surface area contributed by atoms with Crippen LogP contribution >= 0.6 is 12.2 Å². The number of halogens is 2. The van der Waals surface area contributed by atoms with Crippen molar-refractivity contribution in [3.63, 3.8) is 0 Å². The summed E-state index contributed by atoms with van der Waals surface area (Å²) in [6.07, 6.45) is 1.46. The van der Waals surface area contributed by atoms with E-state index in [0.717, 1.165) is 25.6 Å². The van der Waals surface area contributed by atoms with E-state index in [4.69, 9.17) is 17.0 Å². The van der Waals surface area contributed by atoms with Crippen LogP contribution in [0, 0.1) is 11.6 Å². The zero-order chi connectivity index (χ0) is 15.4. The number of benzene rings is 1. The van der Waals surface area contributed by atoms with E-state index in [1.165, 1.54) is 6.07 Å². The Morgan fingerprint density at radius 1 is 1.43 bits per heavy atom. The molecule has 0 spiro atoms. The van der Waals surface area contributed by atoms with Crippen molar-refractivity contribution in [3.05, 3.63) is 29.3 Å². The maximum atomic E-state index is 13.7. The number of fused-ring (bicyclic) bond motifs is 1. The molecule has 116 valence electrons. The van der Waals surface area contributed by atoms with Crippen LogP contribution in [0.1, 0.15) is 25.8 Å². The number of hydrogen-bond acceptors (Lipinski definition) is 2. The van der Waals surface area contributed by atoms with Gasteiger partial charge in [-0.25, -0.2) is 8.78 Å². The highest BCUT2D eigenvalue weighted by atomic mass is 32.1. The Balaban J connectivity index is 2.19. The molecule has 0 radical (unpaired) electrons. The van der Waals surface area contributed by atoms with Gasteiger partial charge in [0.25, 0.3) is 0 Å². The second-order valence-electron chi connectivity index (χ2n) is 5.07. The lowest BCUT2D eigenvalue weighted by atomic mass is 10.0. The number of hydrogen-bond donors (Lipinski definition) is 1. The molecule has 3 nitrogen and oxygen atoms in total. The molecule has 0 saturated heterocycles. The number of nitrogens with one attached hydrogen (secondary N) is 1. The molecule has 1 atom stereocenters. The number of rotatable bonds is 4. The average molecular weight is 314 g/mol. The first-order valence-electron chi connectivity index (χ1n) is 7.22. The molecule has 2 rings (SSSR count). The molecule has 1 aromatic rings. The zero-order valence-corrected chi connectivity index (χ0v) is 13.1. The first-order valence-corrected chi connectivity index (χ1v) is 7.62. The molecule has 1 N–H and O–H groups in total. The molecule has 0 saturated carbocycles. The summed E-state index contributed by atoms with van der Waals surface area (Å²) in [7, 11) is 0. The van der Waals surface area contributed by atoms with Crippen molar-refractivity contribution in [2.75, 3.05) is 19.7 Å².